The van der Waals surface area contributed by atoms with E-state index in [1.807, 2.05) is 6.07 Å². The first-order valence-corrected chi connectivity index (χ1v) is 7.70. The SMILES string of the molecule is Cc1ccc(C)c(S(=O)(=O)Nc2ccccc2C(=O)[O-])c1. The van der Waals surface area contributed by atoms with Crippen molar-refractivity contribution in [2.45, 2.75) is 18.7 Å². The molecule has 0 saturated heterocycles. The van der Waals surface area contributed by atoms with Gasteiger partial charge in [-0.1, -0.05) is 30.3 Å². The van der Waals surface area contributed by atoms with Crippen LogP contribution in [0.5, 0.6) is 0 Å². The first kappa shape index (κ1) is 15.1. The van der Waals surface area contributed by atoms with Crippen molar-refractivity contribution in [3.63, 3.8) is 0 Å². The van der Waals surface area contributed by atoms with E-state index < -0.39 is 16.0 Å². The van der Waals surface area contributed by atoms with Crippen molar-refractivity contribution in [3.05, 3.63) is 59.2 Å². The second-order valence-corrected chi connectivity index (χ2v) is 6.36. The maximum atomic E-state index is 12.4. The highest BCUT2D eigenvalue weighted by molar-refractivity contribution is 7.92. The summed E-state index contributed by atoms with van der Waals surface area (Å²) >= 11 is 0. The second kappa shape index (κ2) is 5.57. The monoisotopic (exact) mass is 304 g/mol. The number of aromatic carboxylic acids is 1. The van der Waals surface area contributed by atoms with E-state index in [1.54, 1.807) is 32.0 Å². The molecule has 0 aliphatic carbocycles. The summed E-state index contributed by atoms with van der Waals surface area (Å²) in [6, 6.07) is 10.8. The lowest BCUT2D eigenvalue weighted by Gasteiger charge is -2.14. The van der Waals surface area contributed by atoms with Crippen LogP contribution in [0.15, 0.2) is 47.4 Å². The number of carboxylic acids is 1. The lowest BCUT2D eigenvalue weighted by molar-refractivity contribution is -0.254. The van der Waals surface area contributed by atoms with Crippen molar-refractivity contribution in [1.29, 1.82) is 0 Å². The van der Waals surface area contributed by atoms with Crippen LogP contribution in [0.3, 0.4) is 0 Å². The average molecular weight is 304 g/mol. The molecule has 110 valence electrons. The summed E-state index contributed by atoms with van der Waals surface area (Å²) in [5.74, 6) is -1.44. The quantitative estimate of drug-likeness (QED) is 0.926. The Labute approximate surface area is 123 Å². The normalized spacial score (nSPS) is 11.1. The lowest BCUT2D eigenvalue weighted by Crippen LogP contribution is -2.25. The molecule has 2 rings (SSSR count). The predicted octanol–water partition coefficient (Wildman–Crippen LogP) is 1.47. The van der Waals surface area contributed by atoms with E-state index in [9.17, 15) is 18.3 Å². The highest BCUT2D eigenvalue weighted by Gasteiger charge is 2.18. The fourth-order valence-electron chi connectivity index (χ4n) is 1.95. The first-order valence-electron chi connectivity index (χ1n) is 6.22. The van der Waals surface area contributed by atoms with Crippen LogP contribution in [0.1, 0.15) is 21.5 Å². The van der Waals surface area contributed by atoms with E-state index in [0.29, 0.717) is 5.56 Å². The van der Waals surface area contributed by atoms with E-state index >= 15 is 0 Å². The minimum absolute atomic E-state index is 0.0154. The lowest BCUT2D eigenvalue weighted by atomic mass is 10.2. The zero-order valence-electron chi connectivity index (χ0n) is 11.6. The van der Waals surface area contributed by atoms with Gasteiger partial charge in [0.2, 0.25) is 0 Å². The van der Waals surface area contributed by atoms with E-state index in [0.717, 1.165) is 5.56 Å². The molecular formula is C15H14NO4S-. The summed E-state index contributed by atoms with van der Waals surface area (Å²) in [6.45, 7) is 3.46. The number of anilines is 1. The Morgan fingerprint density at radius 3 is 2.43 bits per heavy atom. The smallest absolute Gasteiger partial charge is 0.262 e. The Bertz CT molecular complexity index is 797. The van der Waals surface area contributed by atoms with Gasteiger partial charge in [-0.2, -0.15) is 0 Å². The Morgan fingerprint density at radius 2 is 1.76 bits per heavy atom. The second-order valence-electron chi connectivity index (χ2n) is 4.71. The van der Waals surface area contributed by atoms with E-state index in [1.165, 1.54) is 18.2 Å². The van der Waals surface area contributed by atoms with Crippen molar-refractivity contribution in [2.24, 2.45) is 0 Å². The molecule has 0 fully saturated rings. The summed E-state index contributed by atoms with van der Waals surface area (Å²) in [6.07, 6.45) is 0. The zero-order valence-corrected chi connectivity index (χ0v) is 12.4. The van der Waals surface area contributed by atoms with Gasteiger partial charge in [0.05, 0.1) is 16.6 Å². The van der Waals surface area contributed by atoms with Crippen LogP contribution >= 0.6 is 0 Å². The molecule has 2 aromatic carbocycles. The third-order valence-electron chi connectivity index (χ3n) is 3.02. The Balaban J connectivity index is 2.48. The number of carbonyl (C=O) groups is 1. The van der Waals surface area contributed by atoms with Crippen molar-refractivity contribution in [3.8, 4) is 0 Å². The van der Waals surface area contributed by atoms with Crippen molar-refractivity contribution in [1.82, 2.24) is 0 Å². The van der Waals surface area contributed by atoms with Gasteiger partial charge in [-0.3, -0.25) is 4.72 Å². The zero-order chi connectivity index (χ0) is 15.6. The van der Waals surface area contributed by atoms with Gasteiger partial charge in [0.1, 0.15) is 0 Å². The maximum absolute atomic E-state index is 12.4. The van der Waals surface area contributed by atoms with Gasteiger partial charge >= 0.3 is 0 Å². The van der Waals surface area contributed by atoms with Crippen LogP contribution in [0.25, 0.3) is 0 Å². The van der Waals surface area contributed by atoms with E-state index in [4.69, 9.17) is 0 Å². The number of sulfonamides is 1. The fraction of sp³-hybridized carbons (Fsp3) is 0.133. The molecular weight excluding hydrogens is 290 g/mol. The fourth-order valence-corrected chi connectivity index (χ4v) is 3.36. The molecule has 0 radical (unpaired) electrons. The van der Waals surface area contributed by atoms with Crippen molar-refractivity contribution < 1.29 is 18.3 Å². The topological polar surface area (TPSA) is 86.3 Å². The Hall–Kier alpha value is -2.34. The molecule has 6 heteroatoms. The molecule has 5 nitrogen and oxygen atoms in total. The van der Waals surface area contributed by atoms with Crippen molar-refractivity contribution in [2.75, 3.05) is 4.72 Å². The number of hydrogen-bond donors (Lipinski definition) is 1. The molecule has 0 saturated carbocycles. The summed E-state index contributed by atoms with van der Waals surface area (Å²) in [5, 5.41) is 11.0. The number of hydrogen-bond acceptors (Lipinski definition) is 4. The Kier molecular flexibility index (Phi) is 3.99. The van der Waals surface area contributed by atoms with Crippen molar-refractivity contribution >= 4 is 21.7 Å². The Morgan fingerprint density at radius 1 is 1.10 bits per heavy atom. The maximum Gasteiger partial charge on any atom is 0.262 e. The number of carbonyl (C=O) groups excluding carboxylic acids is 1. The molecule has 0 aliphatic rings. The third kappa shape index (κ3) is 3.22. The molecule has 0 aromatic heterocycles. The van der Waals surface area contributed by atoms with Gasteiger partial charge in [-0.05, 0) is 37.1 Å². The van der Waals surface area contributed by atoms with Gasteiger partial charge < -0.3 is 9.90 Å². The summed E-state index contributed by atoms with van der Waals surface area (Å²) in [5.41, 5.74) is 1.16. The van der Waals surface area contributed by atoms with Crippen LogP contribution < -0.4 is 9.83 Å². The highest BCUT2D eigenvalue weighted by atomic mass is 32.2. The first-order chi connectivity index (χ1) is 9.81. The molecule has 0 aliphatic heterocycles. The average Bonchev–Trinajstić information content (AvgIpc) is 2.41. The standard InChI is InChI=1S/C15H15NO4S/c1-10-7-8-11(2)14(9-10)21(19,20)16-13-6-4-3-5-12(13)15(17)18/h3-9,16H,1-2H3,(H,17,18)/p-1. The van der Waals surface area contributed by atoms with E-state index in [2.05, 4.69) is 4.72 Å². The highest BCUT2D eigenvalue weighted by Crippen LogP contribution is 2.22. The molecule has 1 N–H and O–H groups in total. The molecule has 0 bridgehead atoms. The predicted molar refractivity (Wildman–Crippen MR) is 77.5 cm³/mol. The van der Waals surface area contributed by atoms with Crippen LogP contribution in [0.4, 0.5) is 5.69 Å². The number of nitrogens with one attached hydrogen (secondary N) is 1. The number of benzene rings is 2. The number of aryl methyl sites for hydroxylation is 2. The number of rotatable bonds is 4. The van der Waals surface area contributed by atoms with Gasteiger partial charge in [0, 0.05) is 5.56 Å². The number of carboxylic acid groups (broad SMARTS) is 1. The summed E-state index contributed by atoms with van der Waals surface area (Å²) in [7, 11) is -3.86. The summed E-state index contributed by atoms with van der Waals surface area (Å²) < 4.78 is 27.2. The van der Waals surface area contributed by atoms with Gasteiger partial charge in [-0.15, -0.1) is 0 Å². The van der Waals surface area contributed by atoms with Crippen LogP contribution in [0, 0.1) is 13.8 Å². The molecule has 21 heavy (non-hydrogen) atoms. The van der Waals surface area contributed by atoms with Gasteiger partial charge in [0.15, 0.2) is 0 Å². The molecule has 0 unspecified atom stereocenters. The molecule has 0 spiro atoms. The van der Waals surface area contributed by atoms with Crippen LogP contribution in [0.2, 0.25) is 0 Å². The molecule has 0 amide bonds. The van der Waals surface area contributed by atoms with Gasteiger partial charge in [0.25, 0.3) is 10.0 Å². The molecule has 0 heterocycles. The number of para-hydroxylation sites is 1. The minimum Gasteiger partial charge on any atom is -0.545 e. The van der Waals surface area contributed by atoms with Crippen LogP contribution in [-0.2, 0) is 10.0 Å². The third-order valence-corrected chi connectivity index (χ3v) is 4.53. The van der Waals surface area contributed by atoms with Gasteiger partial charge in [-0.25, -0.2) is 8.42 Å². The molecule has 0 atom stereocenters. The molecule has 2 aromatic rings. The largest absolute Gasteiger partial charge is 0.545 e. The van der Waals surface area contributed by atoms with E-state index in [-0.39, 0.29) is 16.1 Å². The van der Waals surface area contributed by atoms with Crippen LogP contribution in [-0.4, -0.2) is 14.4 Å². The summed E-state index contributed by atoms with van der Waals surface area (Å²) in [4.78, 5) is 11.1. The minimum atomic E-state index is -3.86.